The summed E-state index contributed by atoms with van der Waals surface area (Å²) in [6.45, 7) is 8.54. The second-order valence-electron chi connectivity index (χ2n) is 5.30. The topological polar surface area (TPSA) is 52.6 Å². The van der Waals surface area contributed by atoms with Crippen molar-refractivity contribution in [2.24, 2.45) is 0 Å². The van der Waals surface area contributed by atoms with Gasteiger partial charge in [-0.1, -0.05) is 6.92 Å². The molecule has 0 radical (unpaired) electrons. The van der Waals surface area contributed by atoms with Crippen LogP contribution in [0.3, 0.4) is 0 Å². The van der Waals surface area contributed by atoms with E-state index in [1.54, 1.807) is 19.1 Å². The third kappa shape index (κ3) is 4.29. The van der Waals surface area contributed by atoms with Crippen molar-refractivity contribution in [3.05, 3.63) is 29.8 Å². The fourth-order valence-electron chi connectivity index (χ4n) is 2.43. The highest BCUT2D eigenvalue weighted by atomic mass is 16.2. The average Bonchev–Trinajstić information content (AvgIpc) is 2.53. The zero-order valence-corrected chi connectivity index (χ0v) is 12.8. The van der Waals surface area contributed by atoms with Gasteiger partial charge < -0.3 is 15.1 Å². The number of benzene rings is 1. The summed E-state index contributed by atoms with van der Waals surface area (Å²) in [7, 11) is 0. The number of hydrogen-bond acceptors (Lipinski definition) is 4. The first kappa shape index (κ1) is 15.5. The molecule has 1 saturated heterocycles. The predicted octanol–water partition coefficient (Wildman–Crippen LogP) is 1.47. The predicted molar refractivity (Wildman–Crippen MR) is 83.6 cm³/mol. The minimum atomic E-state index is 0.0476. The Labute approximate surface area is 125 Å². The van der Waals surface area contributed by atoms with Gasteiger partial charge in [0.25, 0.3) is 0 Å². The van der Waals surface area contributed by atoms with Crippen LogP contribution in [0, 0.1) is 0 Å². The van der Waals surface area contributed by atoms with Gasteiger partial charge >= 0.3 is 0 Å². The minimum absolute atomic E-state index is 0.0476. The fraction of sp³-hybridized carbons (Fsp3) is 0.500. The molecule has 2 rings (SSSR count). The molecule has 5 heteroatoms. The van der Waals surface area contributed by atoms with E-state index in [9.17, 15) is 9.59 Å². The van der Waals surface area contributed by atoms with Gasteiger partial charge in [0.05, 0.1) is 6.54 Å². The molecule has 1 aliphatic heterocycles. The first-order valence-corrected chi connectivity index (χ1v) is 7.45. The molecule has 0 spiro atoms. The molecule has 1 N–H and O–H groups in total. The number of nitrogens with zero attached hydrogens (tertiary/aromatic N) is 2. The summed E-state index contributed by atoms with van der Waals surface area (Å²) in [6.07, 6.45) is 0. The lowest BCUT2D eigenvalue weighted by Gasteiger charge is -2.34. The molecule has 0 aliphatic carbocycles. The second kappa shape index (κ2) is 7.22. The van der Waals surface area contributed by atoms with Crippen molar-refractivity contribution in [2.45, 2.75) is 13.8 Å². The van der Waals surface area contributed by atoms with Crippen LogP contribution < -0.4 is 5.32 Å². The van der Waals surface area contributed by atoms with Crippen molar-refractivity contribution >= 4 is 17.4 Å². The van der Waals surface area contributed by atoms with Crippen LogP contribution in [0.15, 0.2) is 24.3 Å². The van der Waals surface area contributed by atoms with Gasteiger partial charge in [-0.15, -0.1) is 0 Å². The fourth-order valence-corrected chi connectivity index (χ4v) is 2.43. The Balaban J connectivity index is 1.80. The number of rotatable bonds is 5. The second-order valence-corrected chi connectivity index (χ2v) is 5.30. The molecule has 114 valence electrons. The molecule has 1 aromatic rings. The summed E-state index contributed by atoms with van der Waals surface area (Å²) in [5, 5.41) is 3.12. The zero-order valence-electron chi connectivity index (χ0n) is 12.8. The lowest BCUT2D eigenvalue weighted by Crippen LogP contribution is -2.49. The largest absolute Gasteiger partial charge is 0.376 e. The Morgan fingerprint density at radius 2 is 1.71 bits per heavy atom. The Hall–Kier alpha value is -1.88. The number of amides is 1. The first-order chi connectivity index (χ1) is 10.1. The summed E-state index contributed by atoms with van der Waals surface area (Å²) < 4.78 is 0. The number of Topliss-reactive ketones (excluding diaryl/α,β-unsaturated/α-hetero) is 1. The number of carbonyl (C=O) groups excluding carboxylic acids is 2. The van der Waals surface area contributed by atoms with E-state index < -0.39 is 0 Å². The molecule has 0 unspecified atom stereocenters. The molecule has 1 heterocycles. The summed E-state index contributed by atoms with van der Waals surface area (Å²) in [5.74, 6) is 0.174. The van der Waals surface area contributed by atoms with Gasteiger partial charge in [-0.25, -0.2) is 0 Å². The highest BCUT2D eigenvalue weighted by Crippen LogP contribution is 2.10. The Morgan fingerprint density at radius 1 is 1.10 bits per heavy atom. The van der Waals surface area contributed by atoms with Crippen molar-refractivity contribution < 1.29 is 9.59 Å². The number of anilines is 1. The summed E-state index contributed by atoms with van der Waals surface area (Å²) in [5.41, 5.74) is 1.54. The lowest BCUT2D eigenvalue weighted by atomic mass is 10.1. The standard InChI is InChI=1S/C16H23N3O2/c1-3-18-8-10-19(11-9-18)16(21)12-17-15-6-4-14(5-7-15)13(2)20/h4-7,17H,3,8-12H2,1-2H3. The van der Waals surface area contributed by atoms with Crippen LogP contribution in [0.5, 0.6) is 0 Å². The van der Waals surface area contributed by atoms with Gasteiger partial charge in [-0.05, 0) is 37.7 Å². The Kier molecular flexibility index (Phi) is 5.33. The molecule has 0 saturated carbocycles. The van der Waals surface area contributed by atoms with Crippen molar-refractivity contribution in [2.75, 3.05) is 44.6 Å². The normalized spacial score (nSPS) is 15.8. The minimum Gasteiger partial charge on any atom is -0.376 e. The molecule has 0 bridgehead atoms. The first-order valence-electron chi connectivity index (χ1n) is 7.45. The van der Waals surface area contributed by atoms with Crippen molar-refractivity contribution in [1.29, 1.82) is 0 Å². The molecular weight excluding hydrogens is 266 g/mol. The molecule has 1 aliphatic rings. The van der Waals surface area contributed by atoms with Gasteiger partial charge in [-0.3, -0.25) is 9.59 Å². The SMILES string of the molecule is CCN1CCN(C(=O)CNc2ccc(C(C)=O)cc2)CC1. The number of likely N-dealkylation sites (N-methyl/N-ethyl adjacent to an activating group) is 1. The molecule has 1 aromatic carbocycles. The van der Waals surface area contributed by atoms with Crippen LogP contribution >= 0.6 is 0 Å². The third-order valence-electron chi connectivity index (χ3n) is 3.91. The average molecular weight is 289 g/mol. The Bertz CT molecular complexity index is 491. The van der Waals surface area contributed by atoms with Crippen LogP contribution in [0.2, 0.25) is 0 Å². The highest BCUT2D eigenvalue weighted by molar-refractivity contribution is 5.94. The number of ketones is 1. The van der Waals surface area contributed by atoms with Crippen LogP contribution in [0.4, 0.5) is 5.69 Å². The van der Waals surface area contributed by atoms with Gasteiger partial charge in [0.2, 0.25) is 5.91 Å². The van der Waals surface area contributed by atoms with E-state index in [-0.39, 0.29) is 11.7 Å². The third-order valence-corrected chi connectivity index (χ3v) is 3.91. The summed E-state index contributed by atoms with van der Waals surface area (Å²) >= 11 is 0. The van der Waals surface area contributed by atoms with Gasteiger partial charge in [0.1, 0.15) is 0 Å². The van der Waals surface area contributed by atoms with Crippen LogP contribution in [0.1, 0.15) is 24.2 Å². The number of piperazine rings is 1. The van der Waals surface area contributed by atoms with Gasteiger partial charge in [0.15, 0.2) is 5.78 Å². The maximum Gasteiger partial charge on any atom is 0.241 e. The number of hydrogen-bond donors (Lipinski definition) is 1. The molecule has 1 amide bonds. The van der Waals surface area contributed by atoms with Crippen molar-refractivity contribution in [3.8, 4) is 0 Å². The molecule has 5 nitrogen and oxygen atoms in total. The van der Waals surface area contributed by atoms with Gasteiger partial charge in [0, 0.05) is 37.4 Å². The van der Waals surface area contributed by atoms with E-state index in [1.807, 2.05) is 17.0 Å². The van der Waals surface area contributed by atoms with E-state index in [4.69, 9.17) is 0 Å². The highest BCUT2D eigenvalue weighted by Gasteiger charge is 2.19. The number of carbonyl (C=O) groups is 2. The van der Waals surface area contributed by atoms with Crippen molar-refractivity contribution in [3.63, 3.8) is 0 Å². The monoisotopic (exact) mass is 289 g/mol. The smallest absolute Gasteiger partial charge is 0.241 e. The Morgan fingerprint density at radius 3 is 2.24 bits per heavy atom. The maximum absolute atomic E-state index is 12.1. The molecule has 0 atom stereocenters. The number of nitrogens with one attached hydrogen (secondary N) is 1. The van der Waals surface area contributed by atoms with Crippen LogP contribution in [-0.2, 0) is 4.79 Å². The van der Waals surface area contributed by atoms with E-state index in [0.29, 0.717) is 12.1 Å². The molecule has 1 fully saturated rings. The molecular formula is C16H23N3O2. The van der Waals surface area contributed by atoms with E-state index in [0.717, 1.165) is 38.4 Å². The van der Waals surface area contributed by atoms with Crippen LogP contribution in [-0.4, -0.2) is 60.8 Å². The van der Waals surface area contributed by atoms with E-state index >= 15 is 0 Å². The lowest BCUT2D eigenvalue weighted by molar-refractivity contribution is -0.131. The van der Waals surface area contributed by atoms with E-state index in [1.165, 1.54) is 0 Å². The van der Waals surface area contributed by atoms with E-state index in [2.05, 4.69) is 17.1 Å². The summed E-state index contributed by atoms with van der Waals surface area (Å²) in [4.78, 5) is 27.6. The van der Waals surface area contributed by atoms with Crippen LogP contribution in [0.25, 0.3) is 0 Å². The quantitative estimate of drug-likeness (QED) is 0.834. The molecule has 21 heavy (non-hydrogen) atoms. The van der Waals surface area contributed by atoms with Gasteiger partial charge in [-0.2, -0.15) is 0 Å². The maximum atomic E-state index is 12.1. The van der Waals surface area contributed by atoms with Crippen molar-refractivity contribution in [1.82, 2.24) is 9.80 Å². The summed E-state index contributed by atoms with van der Waals surface area (Å²) in [6, 6.07) is 7.21. The zero-order chi connectivity index (χ0) is 15.2. The molecule has 0 aromatic heterocycles.